The molecular weight excluding hydrogens is 280 g/mol. The van der Waals surface area contributed by atoms with Gasteiger partial charge in [-0.25, -0.2) is 0 Å². The number of carbonyl (C=O) groups is 1. The van der Waals surface area contributed by atoms with Crippen LogP contribution in [0.15, 0.2) is 24.3 Å². The van der Waals surface area contributed by atoms with Crippen LogP contribution < -0.4 is 10.1 Å². The zero-order valence-electron chi connectivity index (χ0n) is 13.6. The SMILES string of the molecule is COc1ccc(C(O)C(C)NC(=O)C2CCCN(C)C2)cc1. The zero-order chi connectivity index (χ0) is 16.1. The Hall–Kier alpha value is -1.59. The fourth-order valence-corrected chi connectivity index (χ4v) is 2.89. The predicted molar refractivity (Wildman–Crippen MR) is 85.8 cm³/mol. The number of rotatable bonds is 5. The number of likely N-dealkylation sites (tertiary alicyclic amines) is 1. The number of hydrogen-bond donors (Lipinski definition) is 2. The second-order valence-corrected chi connectivity index (χ2v) is 6.12. The van der Waals surface area contributed by atoms with Gasteiger partial charge in [0.2, 0.25) is 5.91 Å². The number of aliphatic hydroxyl groups is 1. The van der Waals surface area contributed by atoms with Crippen LogP contribution in [-0.4, -0.2) is 49.2 Å². The summed E-state index contributed by atoms with van der Waals surface area (Å²) >= 11 is 0. The second kappa shape index (κ2) is 7.61. The van der Waals surface area contributed by atoms with Crippen molar-refractivity contribution in [1.29, 1.82) is 0 Å². The quantitative estimate of drug-likeness (QED) is 0.867. The molecule has 1 aromatic carbocycles. The molecule has 1 fully saturated rings. The van der Waals surface area contributed by atoms with Crippen molar-refractivity contribution in [3.63, 3.8) is 0 Å². The van der Waals surface area contributed by atoms with Crippen molar-refractivity contribution in [3.8, 4) is 5.75 Å². The summed E-state index contributed by atoms with van der Waals surface area (Å²) in [5.74, 6) is 0.800. The highest BCUT2D eigenvalue weighted by Gasteiger charge is 2.26. The number of amides is 1. The molecule has 22 heavy (non-hydrogen) atoms. The predicted octanol–water partition coefficient (Wildman–Crippen LogP) is 1.58. The summed E-state index contributed by atoms with van der Waals surface area (Å²) in [5.41, 5.74) is 0.773. The molecular formula is C17H26N2O3. The molecule has 1 aromatic rings. The molecule has 0 saturated carbocycles. The molecule has 0 radical (unpaired) electrons. The first-order valence-electron chi connectivity index (χ1n) is 7.82. The molecule has 3 unspecified atom stereocenters. The first kappa shape index (κ1) is 16.8. The summed E-state index contributed by atoms with van der Waals surface area (Å²) in [6.45, 7) is 3.67. The van der Waals surface area contributed by atoms with E-state index in [-0.39, 0.29) is 17.9 Å². The summed E-state index contributed by atoms with van der Waals surface area (Å²) in [5, 5.41) is 13.3. The number of methoxy groups -OCH3 is 1. The molecule has 122 valence electrons. The third-order valence-electron chi connectivity index (χ3n) is 4.30. The Labute approximate surface area is 132 Å². The second-order valence-electron chi connectivity index (χ2n) is 6.12. The third-order valence-corrected chi connectivity index (χ3v) is 4.30. The number of carbonyl (C=O) groups excluding carboxylic acids is 1. The van der Waals surface area contributed by atoms with Crippen molar-refractivity contribution in [3.05, 3.63) is 29.8 Å². The largest absolute Gasteiger partial charge is 0.497 e. The van der Waals surface area contributed by atoms with Gasteiger partial charge in [0.05, 0.1) is 25.2 Å². The number of nitrogens with one attached hydrogen (secondary N) is 1. The van der Waals surface area contributed by atoms with E-state index < -0.39 is 6.10 Å². The van der Waals surface area contributed by atoms with E-state index in [1.165, 1.54) is 0 Å². The lowest BCUT2D eigenvalue weighted by atomic mass is 9.96. The van der Waals surface area contributed by atoms with Crippen molar-refractivity contribution in [2.45, 2.75) is 31.9 Å². The summed E-state index contributed by atoms with van der Waals surface area (Å²) in [7, 11) is 3.64. The molecule has 0 bridgehead atoms. The number of hydrogen-bond acceptors (Lipinski definition) is 4. The smallest absolute Gasteiger partial charge is 0.224 e. The van der Waals surface area contributed by atoms with E-state index in [2.05, 4.69) is 10.2 Å². The van der Waals surface area contributed by atoms with Gasteiger partial charge in [-0.2, -0.15) is 0 Å². The molecule has 0 spiro atoms. The van der Waals surface area contributed by atoms with Crippen LogP contribution >= 0.6 is 0 Å². The summed E-state index contributed by atoms with van der Waals surface area (Å²) in [6, 6.07) is 6.93. The maximum absolute atomic E-state index is 12.3. The van der Waals surface area contributed by atoms with Crippen LogP contribution in [0.3, 0.4) is 0 Å². The minimum absolute atomic E-state index is 0.0178. The van der Waals surface area contributed by atoms with E-state index >= 15 is 0 Å². The monoisotopic (exact) mass is 306 g/mol. The molecule has 0 aromatic heterocycles. The maximum Gasteiger partial charge on any atom is 0.224 e. The summed E-state index contributed by atoms with van der Waals surface area (Å²) in [4.78, 5) is 14.5. The Balaban J connectivity index is 1.92. The van der Waals surface area contributed by atoms with Crippen LogP contribution in [0, 0.1) is 5.92 Å². The highest BCUT2D eigenvalue weighted by Crippen LogP contribution is 2.21. The molecule has 1 saturated heterocycles. The number of benzene rings is 1. The van der Waals surface area contributed by atoms with E-state index in [1.807, 2.05) is 38.2 Å². The molecule has 3 atom stereocenters. The van der Waals surface area contributed by atoms with Crippen molar-refractivity contribution >= 4 is 5.91 Å². The van der Waals surface area contributed by atoms with Crippen molar-refractivity contribution in [2.75, 3.05) is 27.2 Å². The van der Waals surface area contributed by atoms with E-state index in [9.17, 15) is 9.90 Å². The lowest BCUT2D eigenvalue weighted by molar-refractivity contribution is -0.128. The third kappa shape index (κ3) is 4.21. The van der Waals surface area contributed by atoms with Crippen LogP contribution in [0.5, 0.6) is 5.75 Å². The summed E-state index contributed by atoms with van der Waals surface area (Å²) in [6.07, 6.45) is 1.24. The fourth-order valence-electron chi connectivity index (χ4n) is 2.89. The number of aliphatic hydroxyl groups excluding tert-OH is 1. The van der Waals surface area contributed by atoms with E-state index in [0.29, 0.717) is 0 Å². The molecule has 1 aliphatic rings. The average molecular weight is 306 g/mol. The number of piperidine rings is 1. The highest BCUT2D eigenvalue weighted by molar-refractivity contribution is 5.79. The first-order valence-corrected chi connectivity index (χ1v) is 7.82. The van der Waals surface area contributed by atoms with Gasteiger partial charge in [-0.05, 0) is 51.1 Å². The lowest BCUT2D eigenvalue weighted by Crippen LogP contribution is -2.45. The van der Waals surface area contributed by atoms with Crippen molar-refractivity contribution < 1.29 is 14.6 Å². The van der Waals surface area contributed by atoms with Gasteiger partial charge in [-0.3, -0.25) is 4.79 Å². The minimum atomic E-state index is -0.726. The Bertz CT molecular complexity index is 489. The molecule has 0 aliphatic carbocycles. The molecule has 2 rings (SSSR count). The van der Waals surface area contributed by atoms with Gasteiger partial charge in [-0.1, -0.05) is 12.1 Å². The number of nitrogens with zero attached hydrogens (tertiary/aromatic N) is 1. The van der Waals surface area contributed by atoms with Gasteiger partial charge < -0.3 is 20.1 Å². The topological polar surface area (TPSA) is 61.8 Å². The van der Waals surface area contributed by atoms with E-state index in [1.54, 1.807) is 7.11 Å². The standard InChI is InChI=1S/C17H26N2O3/c1-12(16(20)13-6-8-15(22-3)9-7-13)18-17(21)14-5-4-10-19(2)11-14/h6-9,12,14,16,20H,4-5,10-11H2,1-3H3,(H,18,21). The number of ether oxygens (including phenoxy) is 1. The van der Waals surface area contributed by atoms with Gasteiger partial charge in [0.25, 0.3) is 0 Å². The Morgan fingerprint density at radius 1 is 1.41 bits per heavy atom. The van der Waals surface area contributed by atoms with Crippen LogP contribution in [0.4, 0.5) is 0 Å². The van der Waals surface area contributed by atoms with Crippen LogP contribution in [-0.2, 0) is 4.79 Å². The zero-order valence-corrected chi connectivity index (χ0v) is 13.6. The van der Waals surface area contributed by atoms with Crippen molar-refractivity contribution in [1.82, 2.24) is 10.2 Å². The van der Waals surface area contributed by atoms with Crippen LogP contribution in [0.1, 0.15) is 31.4 Å². The molecule has 1 heterocycles. The lowest BCUT2D eigenvalue weighted by Gasteiger charge is -2.30. The molecule has 5 nitrogen and oxygen atoms in total. The van der Waals surface area contributed by atoms with Crippen LogP contribution in [0.2, 0.25) is 0 Å². The molecule has 1 amide bonds. The molecule has 5 heteroatoms. The van der Waals surface area contributed by atoms with Gasteiger partial charge >= 0.3 is 0 Å². The van der Waals surface area contributed by atoms with Gasteiger partial charge in [0.15, 0.2) is 0 Å². The maximum atomic E-state index is 12.3. The molecule has 1 aliphatic heterocycles. The van der Waals surface area contributed by atoms with Gasteiger partial charge in [0.1, 0.15) is 5.75 Å². The minimum Gasteiger partial charge on any atom is -0.497 e. The normalized spacial score (nSPS) is 21.9. The van der Waals surface area contributed by atoms with E-state index in [4.69, 9.17) is 4.74 Å². The summed E-state index contributed by atoms with van der Waals surface area (Å²) < 4.78 is 5.11. The fraction of sp³-hybridized carbons (Fsp3) is 0.588. The van der Waals surface area contributed by atoms with Gasteiger partial charge in [0, 0.05) is 6.54 Å². The Kier molecular flexibility index (Phi) is 5.80. The Morgan fingerprint density at radius 2 is 2.09 bits per heavy atom. The van der Waals surface area contributed by atoms with E-state index in [0.717, 1.165) is 37.2 Å². The highest BCUT2D eigenvalue weighted by atomic mass is 16.5. The van der Waals surface area contributed by atoms with Crippen molar-refractivity contribution in [2.24, 2.45) is 5.92 Å². The first-order chi connectivity index (χ1) is 10.5. The Morgan fingerprint density at radius 3 is 2.68 bits per heavy atom. The van der Waals surface area contributed by atoms with Crippen LogP contribution in [0.25, 0.3) is 0 Å². The van der Waals surface area contributed by atoms with Gasteiger partial charge in [-0.15, -0.1) is 0 Å². The molecule has 2 N–H and O–H groups in total. The average Bonchev–Trinajstić information content (AvgIpc) is 2.54.